The second kappa shape index (κ2) is 5.07. The first-order valence-electron chi connectivity index (χ1n) is 6.63. The molecule has 2 aromatic carbocycles. The number of benzene rings is 2. The Balaban J connectivity index is 1.90. The summed E-state index contributed by atoms with van der Waals surface area (Å²) in [6.45, 7) is 0. The summed E-state index contributed by atoms with van der Waals surface area (Å²) < 4.78 is 44.9. The van der Waals surface area contributed by atoms with Crippen LogP contribution in [0.4, 0.5) is 13.2 Å². The van der Waals surface area contributed by atoms with Crippen molar-refractivity contribution in [2.24, 2.45) is 5.73 Å². The third-order valence-corrected chi connectivity index (χ3v) is 3.70. The lowest BCUT2D eigenvalue weighted by Gasteiger charge is -2.23. The van der Waals surface area contributed by atoms with Gasteiger partial charge in [0.15, 0.2) is 0 Å². The van der Waals surface area contributed by atoms with E-state index in [0.717, 1.165) is 11.6 Å². The molecule has 0 spiro atoms. The van der Waals surface area contributed by atoms with Crippen LogP contribution in [0.1, 0.15) is 22.7 Å². The van der Waals surface area contributed by atoms with Crippen molar-refractivity contribution in [3.63, 3.8) is 0 Å². The minimum absolute atomic E-state index is 0.0720. The maximum atomic E-state index is 13.1. The van der Waals surface area contributed by atoms with Crippen LogP contribution in [0.2, 0.25) is 0 Å². The van der Waals surface area contributed by atoms with Crippen LogP contribution in [0.25, 0.3) is 0 Å². The SMILES string of the molecule is NC(c1ccccc1C(F)(F)F)C1Cc2ccccc2O1. The lowest BCUT2D eigenvalue weighted by molar-refractivity contribution is -0.138. The highest BCUT2D eigenvalue weighted by molar-refractivity contribution is 5.40. The first-order chi connectivity index (χ1) is 9.97. The molecule has 2 atom stereocenters. The van der Waals surface area contributed by atoms with Crippen LogP contribution >= 0.6 is 0 Å². The van der Waals surface area contributed by atoms with Gasteiger partial charge in [0.25, 0.3) is 0 Å². The number of fused-ring (bicyclic) bond motifs is 1. The molecule has 2 aromatic rings. The van der Waals surface area contributed by atoms with E-state index in [1.54, 1.807) is 12.1 Å². The van der Waals surface area contributed by atoms with Gasteiger partial charge in [-0.1, -0.05) is 36.4 Å². The Hall–Kier alpha value is -2.01. The molecule has 2 N–H and O–H groups in total. The van der Waals surface area contributed by atoms with E-state index in [1.807, 2.05) is 18.2 Å². The van der Waals surface area contributed by atoms with Gasteiger partial charge in [-0.3, -0.25) is 0 Å². The Bertz CT molecular complexity index is 629. The van der Waals surface area contributed by atoms with Crippen molar-refractivity contribution in [2.75, 3.05) is 0 Å². The first-order valence-corrected chi connectivity index (χ1v) is 6.63. The van der Waals surface area contributed by atoms with Crippen LogP contribution in [0.15, 0.2) is 48.5 Å². The fraction of sp³-hybridized carbons (Fsp3) is 0.250. The minimum Gasteiger partial charge on any atom is -0.488 e. The summed E-state index contributed by atoms with van der Waals surface area (Å²) in [7, 11) is 0. The van der Waals surface area contributed by atoms with Gasteiger partial charge in [-0.25, -0.2) is 0 Å². The van der Waals surface area contributed by atoms with Gasteiger partial charge >= 0.3 is 6.18 Å². The highest BCUT2D eigenvalue weighted by Crippen LogP contribution is 2.38. The summed E-state index contributed by atoms with van der Waals surface area (Å²) >= 11 is 0. The summed E-state index contributed by atoms with van der Waals surface area (Å²) in [5.41, 5.74) is 6.40. The molecule has 1 heterocycles. The minimum atomic E-state index is -4.42. The molecule has 0 amide bonds. The molecule has 110 valence electrons. The molecule has 21 heavy (non-hydrogen) atoms. The fourth-order valence-corrected chi connectivity index (χ4v) is 2.66. The molecule has 0 radical (unpaired) electrons. The molecule has 0 saturated carbocycles. The van der Waals surface area contributed by atoms with Crippen molar-refractivity contribution < 1.29 is 17.9 Å². The molecular weight excluding hydrogens is 279 g/mol. The quantitative estimate of drug-likeness (QED) is 0.916. The lowest BCUT2D eigenvalue weighted by atomic mass is 9.94. The normalized spacial score (nSPS) is 19.0. The summed E-state index contributed by atoms with van der Waals surface area (Å²) in [4.78, 5) is 0. The average Bonchev–Trinajstić information content (AvgIpc) is 2.89. The van der Waals surface area contributed by atoms with Gasteiger partial charge in [0.1, 0.15) is 11.9 Å². The van der Waals surface area contributed by atoms with Gasteiger partial charge in [0, 0.05) is 6.42 Å². The van der Waals surface area contributed by atoms with Crippen molar-refractivity contribution in [3.8, 4) is 5.75 Å². The largest absolute Gasteiger partial charge is 0.488 e. The van der Waals surface area contributed by atoms with Crippen LogP contribution in [-0.2, 0) is 12.6 Å². The number of halogens is 3. The monoisotopic (exact) mass is 293 g/mol. The summed E-state index contributed by atoms with van der Waals surface area (Å²) in [6.07, 6.45) is -4.38. The zero-order valence-corrected chi connectivity index (χ0v) is 11.1. The first kappa shape index (κ1) is 13.9. The van der Waals surface area contributed by atoms with Crippen molar-refractivity contribution >= 4 is 0 Å². The van der Waals surface area contributed by atoms with Crippen LogP contribution in [-0.4, -0.2) is 6.10 Å². The van der Waals surface area contributed by atoms with Crippen molar-refractivity contribution in [3.05, 3.63) is 65.2 Å². The Morgan fingerprint density at radius 2 is 1.71 bits per heavy atom. The van der Waals surface area contributed by atoms with E-state index in [4.69, 9.17) is 10.5 Å². The van der Waals surface area contributed by atoms with E-state index in [0.29, 0.717) is 12.2 Å². The summed E-state index contributed by atoms with van der Waals surface area (Å²) in [5, 5.41) is 0. The maximum absolute atomic E-state index is 13.1. The molecule has 1 aliphatic heterocycles. The molecule has 3 rings (SSSR count). The standard InChI is InChI=1S/C16H14F3NO/c17-16(18,19)12-7-3-2-6-11(12)15(20)14-9-10-5-1-4-8-13(10)21-14/h1-8,14-15H,9,20H2. The average molecular weight is 293 g/mol. The van der Waals surface area contributed by atoms with Crippen LogP contribution < -0.4 is 10.5 Å². The Labute approximate surface area is 120 Å². The molecule has 2 nitrogen and oxygen atoms in total. The summed E-state index contributed by atoms with van der Waals surface area (Å²) in [5.74, 6) is 0.697. The van der Waals surface area contributed by atoms with E-state index in [-0.39, 0.29) is 5.56 Å². The molecule has 2 unspecified atom stereocenters. The smallest absolute Gasteiger partial charge is 0.416 e. The number of alkyl halides is 3. The van der Waals surface area contributed by atoms with Gasteiger partial charge in [0.2, 0.25) is 0 Å². The highest BCUT2D eigenvalue weighted by atomic mass is 19.4. The van der Waals surface area contributed by atoms with E-state index in [1.165, 1.54) is 12.1 Å². The van der Waals surface area contributed by atoms with Gasteiger partial charge in [-0.15, -0.1) is 0 Å². The number of hydrogen-bond donors (Lipinski definition) is 1. The molecular formula is C16H14F3NO. The van der Waals surface area contributed by atoms with Gasteiger partial charge in [0.05, 0.1) is 11.6 Å². The van der Waals surface area contributed by atoms with E-state index >= 15 is 0 Å². The van der Waals surface area contributed by atoms with Gasteiger partial charge in [-0.05, 0) is 23.3 Å². The molecule has 5 heteroatoms. The number of para-hydroxylation sites is 1. The van der Waals surface area contributed by atoms with Gasteiger partial charge < -0.3 is 10.5 Å². The number of nitrogens with two attached hydrogens (primary N) is 1. The van der Waals surface area contributed by atoms with Crippen LogP contribution in [0.5, 0.6) is 5.75 Å². The molecule has 0 aliphatic carbocycles. The Morgan fingerprint density at radius 1 is 1.05 bits per heavy atom. The Morgan fingerprint density at radius 3 is 2.43 bits per heavy atom. The molecule has 0 bridgehead atoms. The number of ether oxygens (including phenoxy) is 1. The van der Waals surface area contributed by atoms with Crippen LogP contribution in [0.3, 0.4) is 0 Å². The number of rotatable bonds is 2. The fourth-order valence-electron chi connectivity index (χ4n) is 2.66. The topological polar surface area (TPSA) is 35.2 Å². The number of hydrogen-bond acceptors (Lipinski definition) is 2. The van der Waals surface area contributed by atoms with Crippen LogP contribution in [0, 0.1) is 0 Å². The zero-order chi connectivity index (χ0) is 15.0. The van der Waals surface area contributed by atoms with E-state index in [2.05, 4.69) is 0 Å². The van der Waals surface area contributed by atoms with E-state index < -0.39 is 23.9 Å². The predicted octanol–water partition coefficient (Wildman–Crippen LogP) is 3.71. The van der Waals surface area contributed by atoms with Crippen molar-refractivity contribution in [1.82, 2.24) is 0 Å². The van der Waals surface area contributed by atoms with Gasteiger partial charge in [-0.2, -0.15) is 13.2 Å². The lowest BCUT2D eigenvalue weighted by Crippen LogP contribution is -2.31. The second-order valence-corrected chi connectivity index (χ2v) is 5.08. The Kier molecular flexibility index (Phi) is 3.37. The molecule has 0 saturated heterocycles. The van der Waals surface area contributed by atoms with Crippen molar-refractivity contribution in [1.29, 1.82) is 0 Å². The molecule has 1 aliphatic rings. The second-order valence-electron chi connectivity index (χ2n) is 5.08. The predicted molar refractivity (Wildman–Crippen MR) is 72.9 cm³/mol. The van der Waals surface area contributed by atoms with E-state index in [9.17, 15) is 13.2 Å². The summed E-state index contributed by atoms with van der Waals surface area (Å²) in [6, 6.07) is 12.0. The third kappa shape index (κ3) is 2.61. The third-order valence-electron chi connectivity index (χ3n) is 3.70. The zero-order valence-electron chi connectivity index (χ0n) is 11.1. The maximum Gasteiger partial charge on any atom is 0.416 e. The molecule has 0 fully saturated rings. The highest BCUT2D eigenvalue weighted by Gasteiger charge is 2.37. The van der Waals surface area contributed by atoms with Crippen molar-refractivity contribution in [2.45, 2.75) is 24.7 Å². The molecule has 0 aromatic heterocycles.